The van der Waals surface area contributed by atoms with Gasteiger partial charge >= 0.3 is 5.97 Å². The molecule has 0 heterocycles. The van der Waals surface area contributed by atoms with E-state index in [1.54, 1.807) is 37.3 Å². The number of benzene rings is 2. The van der Waals surface area contributed by atoms with Crippen LogP contribution >= 0.6 is 15.9 Å². The Morgan fingerprint density at radius 1 is 1.17 bits per heavy atom. The number of hydrogen-bond acceptors (Lipinski definition) is 4. The Hall–Kier alpha value is -2.34. The van der Waals surface area contributed by atoms with Gasteiger partial charge in [0, 0.05) is 10.2 Å². The second-order valence-electron chi connectivity index (χ2n) is 5.19. The molecule has 2 aromatic rings. The molecule has 0 bridgehead atoms. The molecule has 126 valence electrons. The van der Waals surface area contributed by atoms with E-state index in [1.165, 1.54) is 0 Å². The van der Waals surface area contributed by atoms with Crippen LogP contribution in [-0.2, 0) is 14.3 Å². The minimum Gasteiger partial charge on any atom is -0.479 e. The molecule has 0 unspecified atom stereocenters. The maximum absolute atomic E-state index is 11.9. The minimum atomic E-state index is -0.797. The van der Waals surface area contributed by atoms with Gasteiger partial charge in [-0.15, -0.1) is 0 Å². The lowest BCUT2D eigenvalue weighted by molar-refractivity contribution is -0.153. The van der Waals surface area contributed by atoms with Crippen molar-refractivity contribution >= 4 is 33.5 Å². The SMILES string of the molecule is Cc1cc(Br)ccc1NC(=O)COC(=O)[C@H](C)Oc1ccccc1. The second-order valence-corrected chi connectivity index (χ2v) is 6.10. The fourth-order valence-electron chi connectivity index (χ4n) is 1.96. The highest BCUT2D eigenvalue weighted by atomic mass is 79.9. The normalized spacial score (nSPS) is 11.5. The Morgan fingerprint density at radius 3 is 2.54 bits per heavy atom. The number of amides is 1. The summed E-state index contributed by atoms with van der Waals surface area (Å²) in [6.45, 7) is 3.09. The van der Waals surface area contributed by atoms with Crippen LogP contribution in [0.4, 0.5) is 5.69 Å². The molecular formula is C18H18BrNO4. The molecule has 1 amide bonds. The Kier molecular flexibility index (Phi) is 6.37. The standard InChI is InChI=1S/C18H18BrNO4/c1-12-10-14(19)8-9-16(12)20-17(21)11-23-18(22)13(2)24-15-6-4-3-5-7-15/h3-10,13H,11H2,1-2H3,(H,20,21)/t13-/m0/s1. The number of carbonyl (C=O) groups is 2. The van der Waals surface area contributed by atoms with E-state index in [-0.39, 0.29) is 6.61 Å². The highest BCUT2D eigenvalue weighted by molar-refractivity contribution is 9.10. The maximum atomic E-state index is 11.9. The Morgan fingerprint density at radius 2 is 1.88 bits per heavy atom. The Labute approximate surface area is 149 Å². The van der Waals surface area contributed by atoms with Crippen LogP contribution in [0.1, 0.15) is 12.5 Å². The summed E-state index contributed by atoms with van der Waals surface area (Å²) in [6.07, 6.45) is -0.797. The molecular weight excluding hydrogens is 374 g/mol. The first-order chi connectivity index (χ1) is 11.5. The molecule has 0 aromatic heterocycles. The average Bonchev–Trinajstić information content (AvgIpc) is 2.56. The first kappa shape index (κ1) is 18.0. The van der Waals surface area contributed by atoms with Gasteiger partial charge in [-0.2, -0.15) is 0 Å². The summed E-state index contributed by atoms with van der Waals surface area (Å²) in [6, 6.07) is 14.4. The Balaban J connectivity index is 1.81. The van der Waals surface area contributed by atoms with Crippen molar-refractivity contribution in [3.05, 3.63) is 58.6 Å². The van der Waals surface area contributed by atoms with E-state index in [9.17, 15) is 9.59 Å². The number of anilines is 1. The highest BCUT2D eigenvalue weighted by Crippen LogP contribution is 2.20. The lowest BCUT2D eigenvalue weighted by Crippen LogP contribution is -2.29. The van der Waals surface area contributed by atoms with Crippen molar-refractivity contribution in [2.45, 2.75) is 20.0 Å². The molecule has 0 aliphatic heterocycles. The molecule has 1 atom stereocenters. The summed E-state index contributed by atoms with van der Waals surface area (Å²) >= 11 is 3.36. The van der Waals surface area contributed by atoms with E-state index in [2.05, 4.69) is 21.2 Å². The number of rotatable bonds is 6. The minimum absolute atomic E-state index is 0.364. The van der Waals surface area contributed by atoms with Crippen molar-refractivity contribution in [2.75, 3.05) is 11.9 Å². The van der Waals surface area contributed by atoms with Gasteiger partial charge < -0.3 is 14.8 Å². The number of nitrogens with one attached hydrogen (secondary N) is 1. The molecule has 0 fully saturated rings. The summed E-state index contributed by atoms with van der Waals surface area (Å²) in [7, 11) is 0. The summed E-state index contributed by atoms with van der Waals surface area (Å²) in [5, 5.41) is 2.70. The van der Waals surface area contributed by atoms with Gasteiger partial charge in [0.25, 0.3) is 5.91 Å². The zero-order chi connectivity index (χ0) is 17.5. The van der Waals surface area contributed by atoms with Crippen LogP contribution in [0.5, 0.6) is 5.75 Å². The smallest absolute Gasteiger partial charge is 0.347 e. The molecule has 2 aromatic carbocycles. The number of esters is 1. The summed E-state index contributed by atoms with van der Waals surface area (Å²) in [5.74, 6) is -0.431. The summed E-state index contributed by atoms with van der Waals surface area (Å²) in [4.78, 5) is 23.8. The van der Waals surface area contributed by atoms with Crippen molar-refractivity contribution in [3.63, 3.8) is 0 Å². The van der Waals surface area contributed by atoms with Gasteiger partial charge in [0.05, 0.1) is 0 Å². The molecule has 5 nitrogen and oxygen atoms in total. The molecule has 0 aliphatic carbocycles. The second kappa shape index (κ2) is 8.49. The molecule has 24 heavy (non-hydrogen) atoms. The van der Waals surface area contributed by atoms with Crippen molar-refractivity contribution in [1.29, 1.82) is 0 Å². The van der Waals surface area contributed by atoms with Crippen molar-refractivity contribution in [2.24, 2.45) is 0 Å². The van der Waals surface area contributed by atoms with Crippen LogP contribution in [0.15, 0.2) is 53.0 Å². The van der Waals surface area contributed by atoms with Crippen molar-refractivity contribution in [3.8, 4) is 5.75 Å². The van der Waals surface area contributed by atoms with Crippen LogP contribution in [0.3, 0.4) is 0 Å². The number of aryl methyl sites for hydroxylation is 1. The van der Waals surface area contributed by atoms with E-state index in [1.807, 2.05) is 25.1 Å². The zero-order valence-corrected chi connectivity index (χ0v) is 15.0. The lowest BCUT2D eigenvalue weighted by atomic mass is 10.2. The molecule has 0 radical (unpaired) electrons. The quantitative estimate of drug-likeness (QED) is 0.762. The predicted molar refractivity (Wildman–Crippen MR) is 95.0 cm³/mol. The summed E-state index contributed by atoms with van der Waals surface area (Å²) in [5.41, 5.74) is 1.58. The van der Waals surface area contributed by atoms with Crippen molar-refractivity contribution in [1.82, 2.24) is 0 Å². The molecule has 0 aliphatic rings. The zero-order valence-electron chi connectivity index (χ0n) is 13.4. The number of carbonyl (C=O) groups excluding carboxylic acids is 2. The van der Waals surface area contributed by atoms with Crippen LogP contribution in [0.2, 0.25) is 0 Å². The fraction of sp³-hybridized carbons (Fsp3) is 0.222. The van der Waals surface area contributed by atoms with Gasteiger partial charge in [-0.1, -0.05) is 34.1 Å². The summed E-state index contributed by atoms with van der Waals surface area (Å²) < 4.78 is 11.4. The molecule has 0 saturated heterocycles. The Bertz CT molecular complexity index is 718. The van der Waals surface area contributed by atoms with Gasteiger partial charge in [0.1, 0.15) is 5.75 Å². The average molecular weight is 392 g/mol. The van der Waals surface area contributed by atoms with Gasteiger partial charge in [-0.05, 0) is 49.7 Å². The van der Waals surface area contributed by atoms with Gasteiger partial charge in [-0.25, -0.2) is 4.79 Å². The first-order valence-electron chi connectivity index (χ1n) is 7.40. The molecule has 6 heteroatoms. The van der Waals surface area contributed by atoms with Crippen LogP contribution in [0.25, 0.3) is 0 Å². The third-order valence-corrected chi connectivity index (χ3v) is 3.69. The molecule has 0 spiro atoms. The first-order valence-corrected chi connectivity index (χ1v) is 8.19. The molecule has 0 saturated carbocycles. The van der Waals surface area contributed by atoms with E-state index >= 15 is 0 Å². The maximum Gasteiger partial charge on any atom is 0.347 e. The fourth-order valence-corrected chi connectivity index (χ4v) is 2.43. The third kappa shape index (κ3) is 5.38. The molecule has 1 N–H and O–H groups in total. The number of halogens is 1. The third-order valence-electron chi connectivity index (χ3n) is 3.20. The van der Waals surface area contributed by atoms with Crippen molar-refractivity contribution < 1.29 is 19.1 Å². The predicted octanol–water partition coefficient (Wildman–Crippen LogP) is 3.71. The number of ether oxygens (including phenoxy) is 2. The van der Waals surface area contributed by atoms with Crippen LogP contribution < -0.4 is 10.1 Å². The van der Waals surface area contributed by atoms with E-state index in [4.69, 9.17) is 9.47 Å². The van der Waals surface area contributed by atoms with Crippen LogP contribution in [-0.4, -0.2) is 24.6 Å². The van der Waals surface area contributed by atoms with Crippen LogP contribution in [0, 0.1) is 6.92 Å². The van der Waals surface area contributed by atoms with E-state index in [0.29, 0.717) is 11.4 Å². The topological polar surface area (TPSA) is 64.6 Å². The van der Waals surface area contributed by atoms with Gasteiger partial charge in [0.2, 0.25) is 0 Å². The van der Waals surface area contributed by atoms with Gasteiger partial charge in [0.15, 0.2) is 12.7 Å². The largest absolute Gasteiger partial charge is 0.479 e. The lowest BCUT2D eigenvalue weighted by Gasteiger charge is -2.14. The molecule has 2 rings (SSSR count). The highest BCUT2D eigenvalue weighted by Gasteiger charge is 2.18. The monoisotopic (exact) mass is 391 g/mol. The number of para-hydroxylation sites is 1. The van der Waals surface area contributed by atoms with Gasteiger partial charge in [-0.3, -0.25) is 4.79 Å². The van der Waals surface area contributed by atoms with E-state index in [0.717, 1.165) is 10.0 Å². The van der Waals surface area contributed by atoms with E-state index < -0.39 is 18.0 Å². The number of hydrogen-bond donors (Lipinski definition) is 1.